The Morgan fingerprint density at radius 2 is 2.12 bits per heavy atom. The lowest BCUT2D eigenvalue weighted by Crippen LogP contribution is -2.33. The Balaban J connectivity index is 1.64. The highest BCUT2D eigenvalue weighted by molar-refractivity contribution is 7.88. The van der Waals surface area contributed by atoms with Crippen LogP contribution in [0.25, 0.3) is 0 Å². The van der Waals surface area contributed by atoms with Crippen molar-refractivity contribution in [3.8, 4) is 5.75 Å². The van der Waals surface area contributed by atoms with Crippen LogP contribution in [0, 0.1) is 0 Å². The van der Waals surface area contributed by atoms with E-state index in [1.165, 1.54) is 10.6 Å². The van der Waals surface area contributed by atoms with Gasteiger partial charge in [0.25, 0.3) is 0 Å². The highest BCUT2D eigenvalue weighted by Crippen LogP contribution is 2.23. The molecule has 0 N–H and O–H groups in total. The quantitative estimate of drug-likeness (QED) is 0.737. The van der Waals surface area contributed by atoms with Gasteiger partial charge in [-0.2, -0.15) is 4.31 Å². The average molecular weight is 384 g/mol. The number of halogens is 1. The molecule has 0 fully saturated rings. The van der Waals surface area contributed by atoms with Gasteiger partial charge in [-0.1, -0.05) is 23.7 Å². The molecule has 0 amide bonds. The van der Waals surface area contributed by atoms with E-state index in [1.807, 2.05) is 18.3 Å². The van der Waals surface area contributed by atoms with Crippen molar-refractivity contribution in [3.05, 3.63) is 47.0 Å². The minimum atomic E-state index is -3.36. The topological polar surface area (TPSA) is 64.4 Å². The lowest BCUT2D eigenvalue weighted by molar-refractivity contribution is 0.269. The van der Waals surface area contributed by atoms with E-state index in [2.05, 4.69) is 9.55 Å². The van der Waals surface area contributed by atoms with Crippen molar-refractivity contribution in [2.24, 2.45) is 0 Å². The van der Waals surface area contributed by atoms with Crippen molar-refractivity contribution in [2.45, 2.75) is 32.4 Å². The second kappa shape index (κ2) is 7.76. The maximum atomic E-state index is 12.1. The molecule has 1 aliphatic rings. The monoisotopic (exact) mass is 383 g/mol. The summed E-state index contributed by atoms with van der Waals surface area (Å²) in [5, 5.41) is 0.509. The molecule has 0 radical (unpaired) electrons. The van der Waals surface area contributed by atoms with Crippen LogP contribution in [0.4, 0.5) is 0 Å². The second-order valence-corrected chi connectivity index (χ2v) is 8.56. The van der Waals surface area contributed by atoms with Gasteiger partial charge < -0.3 is 9.30 Å². The van der Waals surface area contributed by atoms with Gasteiger partial charge in [-0.15, -0.1) is 0 Å². The fourth-order valence-electron chi connectivity index (χ4n) is 2.91. The van der Waals surface area contributed by atoms with Crippen molar-refractivity contribution in [1.82, 2.24) is 13.9 Å². The molecule has 0 spiro atoms. The Morgan fingerprint density at radius 1 is 1.32 bits per heavy atom. The van der Waals surface area contributed by atoms with Gasteiger partial charge in [0.05, 0.1) is 23.5 Å². The molecule has 0 bridgehead atoms. The number of aryl methyl sites for hydroxylation is 2. The zero-order valence-corrected chi connectivity index (χ0v) is 15.8. The number of hydrogen-bond donors (Lipinski definition) is 0. The second-order valence-electron chi connectivity index (χ2n) is 6.17. The molecular formula is C17H22ClN3O3S. The van der Waals surface area contributed by atoms with Crippen molar-refractivity contribution in [1.29, 1.82) is 0 Å². The summed E-state index contributed by atoms with van der Waals surface area (Å²) >= 11 is 6.05. The third-order valence-electron chi connectivity index (χ3n) is 4.20. The molecule has 6 nitrogen and oxygen atoms in total. The molecule has 0 aliphatic carbocycles. The molecule has 136 valence electrons. The average Bonchev–Trinajstić information content (AvgIpc) is 2.97. The van der Waals surface area contributed by atoms with Gasteiger partial charge in [0, 0.05) is 25.7 Å². The minimum absolute atomic E-state index is 0.227. The fraction of sp³-hybridized carbons (Fsp3) is 0.471. The summed E-state index contributed by atoms with van der Waals surface area (Å²) in [5.74, 6) is 1.59. The van der Waals surface area contributed by atoms with Crippen LogP contribution in [0.15, 0.2) is 30.5 Å². The van der Waals surface area contributed by atoms with Gasteiger partial charge in [-0.3, -0.25) is 0 Å². The number of aromatic nitrogens is 2. The molecule has 0 unspecified atom stereocenters. The number of ether oxygens (including phenoxy) is 1. The van der Waals surface area contributed by atoms with Crippen LogP contribution in [0.5, 0.6) is 5.75 Å². The molecular weight excluding hydrogens is 362 g/mol. The van der Waals surface area contributed by atoms with Crippen LogP contribution in [0.2, 0.25) is 5.02 Å². The van der Waals surface area contributed by atoms with E-state index in [9.17, 15) is 8.42 Å². The van der Waals surface area contributed by atoms with E-state index in [1.54, 1.807) is 12.1 Å². The molecule has 1 aromatic heterocycles. The first-order valence-corrected chi connectivity index (χ1v) is 10.5. The smallest absolute Gasteiger partial charge is 0.211 e. The summed E-state index contributed by atoms with van der Waals surface area (Å²) in [4.78, 5) is 4.58. The first-order chi connectivity index (χ1) is 11.9. The van der Waals surface area contributed by atoms with Gasteiger partial charge in [-0.25, -0.2) is 13.4 Å². The van der Waals surface area contributed by atoms with Crippen LogP contribution in [0.3, 0.4) is 0 Å². The highest BCUT2D eigenvalue weighted by atomic mass is 35.5. The van der Waals surface area contributed by atoms with E-state index in [0.29, 0.717) is 10.8 Å². The SMILES string of the molecule is CS(=O)(=O)N(CCOc1ccccc1Cl)Cc1cn2c(n1)CCCC2. The zero-order valence-electron chi connectivity index (χ0n) is 14.2. The van der Waals surface area contributed by atoms with Crippen molar-refractivity contribution in [2.75, 3.05) is 19.4 Å². The number of nitrogens with zero attached hydrogens (tertiary/aromatic N) is 3. The molecule has 1 aromatic carbocycles. The van der Waals surface area contributed by atoms with Crippen LogP contribution >= 0.6 is 11.6 Å². The van der Waals surface area contributed by atoms with Gasteiger partial charge in [0.2, 0.25) is 10.0 Å². The number of fused-ring (bicyclic) bond motifs is 1. The largest absolute Gasteiger partial charge is 0.491 e. The summed E-state index contributed by atoms with van der Waals surface area (Å²) in [6.45, 7) is 1.68. The van der Waals surface area contributed by atoms with E-state index in [0.717, 1.165) is 37.3 Å². The van der Waals surface area contributed by atoms with Crippen molar-refractivity contribution >= 4 is 21.6 Å². The lowest BCUT2D eigenvalue weighted by Gasteiger charge is -2.19. The highest BCUT2D eigenvalue weighted by Gasteiger charge is 2.20. The van der Waals surface area contributed by atoms with Gasteiger partial charge >= 0.3 is 0 Å². The van der Waals surface area contributed by atoms with Crippen LogP contribution in [-0.2, 0) is 29.5 Å². The number of hydrogen-bond acceptors (Lipinski definition) is 4. The minimum Gasteiger partial charge on any atom is -0.491 e. The standard InChI is InChI=1S/C17H22ClN3O3S/c1-25(22,23)21(10-11-24-16-7-3-2-6-15(16)18)13-14-12-20-9-5-4-8-17(20)19-14/h2-3,6-7,12H,4-5,8-11,13H2,1H3. The zero-order chi connectivity index (χ0) is 17.9. The fourth-order valence-corrected chi connectivity index (χ4v) is 3.87. The van der Waals surface area contributed by atoms with Gasteiger partial charge in [0.1, 0.15) is 18.2 Å². The summed E-state index contributed by atoms with van der Waals surface area (Å²) in [6.07, 6.45) is 6.40. The first-order valence-electron chi connectivity index (χ1n) is 8.31. The first kappa shape index (κ1) is 18.2. The molecule has 1 aliphatic heterocycles. The van der Waals surface area contributed by atoms with Crippen molar-refractivity contribution in [3.63, 3.8) is 0 Å². The van der Waals surface area contributed by atoms with Crippen molar-refractivity contribution < 1.29 is 13.2 Å². The Bertz CT molecular complexity index is 812. The summed E-state index contributed by atoms with van der Waals surface area (Å²) in [7, 11) is -3.36. The third kappa shape index (κ3) is 4.74. The summed E-state index contributed by atoms with van der Waals surface area (Å²) in [5.41, 5.74) is 0.778. The van der Waals surface area contributed by atoms with Crippen LogP contribution in [-0.4, -0.2) is 41.7 Å². The van der Waals surface area contributed by atoms with E-state index >= 15 is 0 Å². The molecule has 0 atom stereocenters. The van der Waals surface area contributed by atoms with Crippen LogP contribution < -0.4 is 4.74 Å². The number of benzene rings is 1. The molecule has 0 saturated carbocycles. The number of sulfonamides is 1. The van der Waals surface area contributed by atoms with Crippen LogP contribution in [0.1, 0.15) is 24.4 Å². The number of rotatable bonds is 7. The molecule has 8 heteroatoms. The molecule has 25 heavy (non-hydrogen) atoms. The predicted molar refractivity (Wildman–Crippen MR) is 97.4 cm³/mol. The molecule has 0 saturated heterocycles. The Labute approximate surface area is 153 Å². The molecule has 2 heterocycles. The Kier molecular flexibility index (Phi) is 5.66. The third-order valence-corrected chi connectivity index (χ3v) is 5.76. The van der Waals surface area contributed by atoms with Gasteiger partial charge in [-0.05, 0) is 25.0 Å². The number of imidazole rings is 1. The Hall–Kier alpha value is -1.57. The van der Waals surface area contributed by atoms with E-state index in [4.69, 9.17) is 16.3 Å². The molecule has 3 rings (SSSR count). The lowest BCUT2D eigenvalue weighted by atomic mass is 10.2. The molecule has 2 aromatic rings. The van der Waals surface area contributed by atoms with E-state index in [-0.39, 0.29) is 19.7 Å². The maximum Gasteiger partial charge on any atom is 0.211 e. The summed E-state index contributed by atoms with van der Waals surface area (Å²) in [6, 6.07) is 7.14. The predicted octanol–water partition coefficient (Wildman–Crippen LogP) is 2.71. The number of para-hydroxylation sites is 1. The summed E-state index contributed by atoms with van der Waals surface area (Å²) < 4.78 is 33.3. The maximum absolute atomic E-state index is 12.1. The Morgan fingerprint density at radius 3 is 2.84 bits per heavy atom. The van der Waals surface area contributed by atoms with E-state index < -0.39 is 10.0 Å². The van der Waals surface area contributed by atoms with Gasteiger partial charge in [0.15, 0.2) is 0 Å². The normalized spacial score (nSPS) is 14.5.